The van der Waals surface area contributed by atoms with Gasteiger partial charge in [-0.25, -0.2) is 5.10 Å². The van der Waals surface area contributed by atoms with Crippen molar-refractivity contribution in [1.29, 1.82) is 0 Å². The molecule has 16 heavy (non-hydrogen) atoms. The molecule has 0 bridgehead atoms. The number of nitrogens with one attached hydrogen (secondary N) is 1. The Balaban J connectivity index is 1.69. The Hall–Kier alpha value is -1.14. The van der Waals surface area contributed by atoms with E-state index in [1.165, 1.54) is 4.90 Å². The first-order chi connectivity index (χ1) is 7.84. The van der Waals surface area contributed by atoms with Gasteiger partial charge >= 0.3 is 0 Å². The minimum Gasteiger partial charge on any atom is -0.368 e. The molecule has 1 aromatic heterocycles. The Bertz CT molecular complexity index is 429. The van der Waals surface area contributed by atoms with Crippen LogP contribution in [-0.4, -0.2) is 26.7 Å². The van der Waals surface area contributed by atoms with Crippen LogP contribution in [0.25, 0.3) is 0 Å². The van der Waals surface area contributed by atoms with Crippen LogP contribution in [-0.2, 0) is 0 Å². The maximum Gasteiger partial charge on any atom is 0.216 e. The Morgan fingerprint density at radius 3 is 2.56 bits per heavy atom. The molecule has 0 aliphatic carbocycles. The molecule has 0 atom stereocenters. The van der Waals surface area contributed by atoms with Crippen LogP contribution < -0.4 is 5.73 Å². The molecule has 84 valence electrons. The molecule has 0 fully saturated rings. The molecule has 1 aromatic carbocycles. The van der Waals surface area contributed by atoms with Crippen LogP contribution in [0, 0.1) is 0 Å². The number of aromatic nitrogens is 3. The van der Waals surface area contributed by atoms with Gasteiger partial charge in [0.15, 0.2) is 0 Å². The Morgan fingerprint density at radius 2 is 1.88 bits per heavy atom. The van der Waals surface area contributed by atoms with Crippen molar-refractivity contribution >= 4 is 29.5 Å². The van der Waals surface area contributed by atoms with E-state index in [0.717, 1.165) is 11.5 Å². The number of aromatic amines is 1. The van der Waals surface area contributed by atoms with E-state index >= 15 is 0 Å². The summed E-state index contributed by atoms with van der Waals surface area (Å²) in [5.41, 5.74) is 5.43. The van der Waals surface area contributed by atoms with E-state index in [1.54, 1.807) is 11.8 Å². The molecule has 3 N–H and O–H groups in total. The average Bonchev–Trinajstić information content (AvgIpc) is 2.72. The van der Waals surface area contributed by atoms with E-state index in [-0.39, 0.29) is 0 Å². The summed E-state index contributed by atoms with van der Waals surface area (Å²) >= 11 is 3.43. The molecule has 0 saturated heterocycles. The van der Waals surface area contributed by atoms with Crippen molar-refractivity contribution in [3.63, 3.8) is 0 Å². The number of anilines is 1. The maximum atomic E-state index is 5.43. The lowest BCUT2D eigenvalue weighted by atomic mass is 10.4. The summed E-state index contributed by atoms with van der Waals surface area (Å²) in [5.74, 6) is 2.37. The highest BCUT2D eigenvalue weighted by molar-refractivity contribution is 8.02. The molecule has 1 heterocycles. The standard InChI is InChI=1S/C10H12N4S2/c11-9-12-10(14-13-9)16-7-6-15-8-4-2-1-3-5-8/h1-5H,6-7H2,(H3,11,12,13,14). The zero-order chi connectivity index (χ0) is 11.2. The van der Waals surface area contributed by atoms with E-state index in [1.807, 2.05) is 30.0 Å². The normalized spacial score (nSPS) is 10.5. The van der Waals surface area contributed by atoms with Gasteiger partial charge in [-0.1, -0.05) is 30.0 Å². The first-order valence-corrected chi connectivity index (χ1v) is 6.80. The quantitative estimate of drug-likeness (QED) is 0.631. The maximum absolute atomic E-state index is 5.43. The predicted octanol–water partition coefficient (Wildman–Crippen LogP) is 2.27. The average molecular weight is 252 g/mol. The van der Waals surface area contributed by atoms with Gasteiger partial charge in [-0.3, -0.25) is 0 Å². The van der Waals surface area contributed by atoms with Crippen LogP contribution in [0.15, 0.2) is 40.4 Å². The fourth-order valence-corrected chi connectivity index (χ4v) is 2.84. The number of nitrogens with two attached hydrogens (primary N) is 1. The molecule has 0 aliphatic rings. The number of H-pyrrole nitrogens is 1. The summed E-state index contributed by atoms with van der Waals surface area (Å²) < 4.78 is 0. The van der Waals surface area contributed by atoms with Crippen LogP contribution in [0.4, 0.5) is 5.95 Å². The van der Waals surface area contributed by atoms with E-state index in [4.69, 9.17) is 5.73 Å². The molecule has 0 saturated carbocycles. The van der Waals surface area contributed by atoms with Crippen molar-refractivity contribution in [3.8, 4) is 0 Å². The molecular formula is C10H12N4S2. The second-order valence-corrected chi connectivity index (χ2v) is 5.24. The van der Waals surface area contributed by atoms with Gasteiger partial charge in [0.05, 0.1) is 0 Å². The van der Waals surface area contributed by atoms with E-state index in [2.05, 4.69) is 27.3 Å². The van der Waals surface area contributed by atoms with Crippen LogP contribution >= 0.6 is 23.5 Å². The number of rotatable bonds is 5. The molecule has 0 aliphatic heterocycles. The van der Waals surface area contributed by atoms with Crippen LogP contribution in [0.2, 0.25) is 0 Å². The van der Waals surface area contributed by atoms with Gasteiger partial charge < -0.3 is 5.73 Å². The summed E-state index contributed by atoms with van der Waals surface area (Å²) in [7, 11) is 0. The monoisotopic (exact) mass is 252 g/mol. The topological polar surface area (TPSA) is 67.6 Å². The number of hydrogen-bond donors (Lipinski definition) is 2. The van der Waals surface area contributed by atoms with Gasteiger partial charge in [-0.2, -0.15) is 4.98 Å². The molecule has 0 radical (unpaired) electrons. The van der Waals surface area contributed by atoms with Crippen molar-refractivity contribution in [3.05, 3.63) is 30.3 Å². The van der Waals surface area contributed by atoms with Crippen molar-refractivity contribution < 1.29 is 0 Å². The van der Waals surface area contributed by atoms with Crippen molar-refractivity contribution in [2.24, 2.45) is 0 Å². The van der Waals surface area contributed by atoms with Gasteiger partial charge in [-0.15, -0.1) is 16.9 Å². The Kier molecular flexibility index (Phi) is 4.12. The first kappa shape index (κ1) is 11.3. The SMILES string of the molecule is Nc1nc(SCCSc2ccccc2)n[nH]1. The Morgan fingerprint density at radius 1 is 1.12 bits per heavy atom. The number of nitrogen functional groups attached to an aromatic ring is 1. The lowest BCUT2D eigenvalue weighted by Gasteiger charge is -1.99. The van der Waals surface area contributed by atoms with Gasteiger partial charge in [0.1, 0.15) is 0 Å². The summed E-state index contributed by atoms with van der Waals surface area (Å²) in [6, 6.07) is 10.3. The third-order valence-corrected chi connectivity index (χ3v) is 3.93. The molecule has 6 heteroatoms. The minimum atomic E-state index is 0.373. The summed E-state index contributed by atoms with van der Waals surface area (Å²) in [5, 5.41) is 7.28. The number of benzene rings is 1. The van der Waals surface area contributed by atoms with Crippen molar-refractivity contribution in [2.45, 2.75) is 10.1 Å². The molecule has 2 aromatic rings. The largest absolute Gasteiger partial charge is 0.368 e. The van der Waals surface area contributed by atoms with Gasteiger partial charge in [0.2, 0.25) is 11.1 Å². The minimum absolute atomic E-state index is 0.373. The zero-order valence-electron chi connectivity index (χ0n) is 8.59. The van der Waals surface area contributed by atoms with E-state index in [9.17, 15) is 0 Å². The molecule has 0 unspecified atom stereocenters. The van der Waals surface area contributed by atoms with Gasteiger partial charge in [0, 0.05) is 16.4 Å². The summed E-state index contributed by atoms with van der Waals surface area (Å²) in [6.45, 7) is 0. The molecule has 2 rings (SSSR count). The Labute approximate surface area is 102 Å². The fraction of sp³-hybridized carbons (Fsp3) is 0.200. The summed E-state index contributed by atoms with van der Waals surface area (Å²) in [4.78, 5) is 5.31. The second kappa shape index (κ2) is 5.81. The van der Waals surface area contributed by atoms with Crippen molar-refractivity contribution in [2.75, 3.05) is 17.2 Å². The van der Waals surface area contributed by atoms with Crippen molar-refractivity contribution in [1.82, 2.24) is 15.2 Å². The number of nitrogens with zero attached hydrogens (tertiary/aromatic N) is 2. The van der Waals surface area contributed by atoms with Crippen LogP contribution in [0.1, 0.15) is 0 Å². The van der Waals surface area contributed by atoms with Gasteiger partial charge in [0.25, 0.3) is 0 Å². The lowest BCUT2D eigenvalue weighted by Crippen LogP contribution is -1.86. The second-order valence-electron chi connectivity index (χ2n) is 3.01. The highest BCUT2D eigenvalue weighted by atomic mass is 32.2. The van der Waals surface area contributed by atoms with Gasteiger partial charge in [-0.05, 0) is 12.1 Å². The highest BCUT2D eigenvalue weighted by Crippen LogP contribution is 2.20. The molecule has 0 spiro atoms. The van der Waals surface area contributed by atoms with E-state index in [0.29, 0.717) is 11.1 Å². The fourth-order valence-electron chi connectivity index (χ4n) is 1.13. The molecule has 4 nitrogen and oxygen atoms in total. The first-order valence-electron chi connectivity index (χ1n) is 4.83. The van der Waals surface area contributed by atoms with Crippen LogP contribution in [0.5, 0.6) is 0 Å². The molecular weight excluding hydrogens is 240 g/mol. The summed E-state index contributed by atoms with van der Waals surface area (Å²) in [6.07, 6.45) is 0. The smallest absolute Gasteiger partial charge is 0.216 e. The highest BCUT2D eigenvalue weighted by Gasteiger charge is 2.00. The lowest BCUT2D eigenvalue weighted by molar-refractivity contribution is 0.974. The number of hydrogen-bond acceptors (Lipinski definition) is 5. The zero-order valence-corrected chi connectivity index (χ0v) is 10.2. The number of thioether (sulfide) groups is 2. The predicted molar refractivity (Wildman–Crippen MR) is 68.7 cm³/mol. The molecule has 0 amide bonds. The third-order valence-electron chi connectivity index (χ3n) is 1.81. The van der Waals surface area contributed by atoms with E-state index < -0.39 is 0 Å². The third kappa shape index (κ3) is 3.46. The van der Waals surface area contributed by atoms with Crippen LogP contribution in [0.3, 0.4) is 0 Å².